The summed E-state index contributed by atoms with van der Waals surface area (Å²) in [5, 5.41) is 2.60. The maximum absolute atomic E-state index is 12.3. The van der Waals surface area contributed by atoms with Crippen molar-refractivity contribution in [2.24, 2.45) is 5.84 Å². The van der Waals surface area contributed by atoms with Crippen LogP contribution in [0.4, 0.5) is 0 Å². The molecule has 1 aromatic heterocycles. The number of carbonyl (C=O) groups excluding carboxylic acids is 1. The molecule has 0 spiro atoms. The number of allylic oxidation sites excluding steroid dienone is 4. The van der Waals surface area contributed by atoms with Gasteiger partial charge in [0.2, 0.25) is 5.91 Å². The first-order valence-corrected chi connectivity index (χ1v) is 12.6. The van der Waals surface area contributed by atoms with Crippen molar-refractivity contribution < 1.29 is 4.79 Å². The van der Waals surface area contributed by atoms with E-state index in [1.54, 1.807) is 0 Å². The molecule has 4 nitrogen and oxygen atoms in total. The van der Waals surface area contributed by atoms with Gasteiger partial charge in [0.25, 0.3) is 0 Å². The van der Waals surface area contributed by atoms with Gasteiger partial charge in [0, 0.05) is 30.1 Å². The second-order valence-corrected chi connectivity index (χ2v) is 8.68. The number of nitrogens with two attached hydrogens (primary N) is 1. The Bertz CT molecular complexity index is 821. The fourth-order valence-electron chi connectivity index (χ4n) is 3.94. The number of hydrogen-bond acceptors (Lipinski definition) is 2. The Morgan fingerprint density at radius 3 is 2.41 bits per heavy atom. The summed E-state index contributed by atoms with van der Waals surface area (Å²) < 4.78 is 0. The van der Waals surface area contributed by atoms with Gasteiger partial charge >= 0.3 is 0 Å². The fraction of sp³-hybridized carbons (Fsp3) is 0.536. The topological polar surface area (TPSA) is 62.1 Å². The molecule has 176 valence electrons. The van der Waals surface area contributed by atoms with Crippen molar-refractivity contribution in [2.45, 2.75) is 90.4 Å². The van der Waals surface area contributed by atoms with Crippen LogP contribution in [0.15, 0.2) is 54.8 Å². The lowest BCUT2D eigenvalue weighted by Gasteiger charge is -2.16. The number of nitrogens with one attached hydrogen (secondary N) is 1. The number of H-pyrrole nitrogens is 1. The van der Waals surface area contributed by atoms with Gasteiger partial charge in [-0.3, -0.25) is 9.80 Å². The maximum atomic E-state index is 12.3. The van der Waals surface area contributed by atoms with Gasteiger partial charge in [0.05, 0.1) is 0 Å². The summed E-state index contributed by atoms with van der Waals surface area (Å²) in [6.07, 6.45) is 25.6. The number of carbonyl (C=O) groups is 1. The van der Waals surface area contributed by atoms with Crippen LogP contribution >= 0.6 is 0 Å². The molecule has 3 N–H and O–H groups in total. The summed E-state index contributed by atoms with van der Waals surface area (Å²) in [5.41, 5.74) is 2.34. The van der Waals surface area contributed by atoms with E-state index in [0.29, 0.717) is 13.0 Å². The molecule has 0 atom stereocenters. The van der Waals surface area contributed by atoms with E-state index < -0.39 is 0 Å². The van der Waals surface area contributed by atoms with E-state index >= 15 is 0 Å². The second kappa shape index (κ2) is 16.3. The van der Waals surface area contributed by atoms with Crippen LogP contribution in [0.3, 0.4) is 0 Å². The summed E-state index contributed by atoms with van der Waals surface area (Å²) in [6.45, 7) is 2.80. The van der Waals surface area contributed by atoms with Gasteiger partial charge in [0.15, 0.2) is 0 Å². The number of rotatable bonds is 17. The summed E-state index contributed by atoms with van der Waals surface area (Å²) in [4.78, 5) is 15.6. The molecule has 0 unspecified atom stereocenters. The molecule has 0 radical (unpaired) electrons. The Labute approximate surface area is 194 Å². The van der Waals surface area contributed by atoms with Gasteiger partial charge in [-0.05, 0) is 56.6 Å². The lowest BCUT2D eigenvalue weighted by Crippen LogP contribution is -2.38. The molecule has 1 heterocycles. The van der Waals surface area contributed by atoms with Crippen molar-refractivity contribution in [3.63, 3.8) is 0 Å². The molecule has 0 bridgehead atoms. The van der Waals surface area contributed by atoms with Crippen molar-refractivity contribution in [2.75, 3.05) is 6.54 Å². The van der Waals surface area contributed by atoms with Crippen molar-refractivity contribution in [3.05, 3.63) is 60.3 Å². The lowest BCUT2D eigenvalue weighted by atomic mass is 10.1. The maximum Gasteiger partial charge on any atom is 0.236 e. The predicted molar refractivity (Wildman–Crippen MR) is 137 cm³/mol. The first-order valence-electron chi connectivity index (χ1n) is 12.6. The molecule has 4 heteroatoms. The summed E-state index contributed by atoms with van der Waals surface area (Å²) in [7, 11) is 0. The highest BCUT2D eigenvalue weighted by molar-refractivity contribution is 5.83. The van der Waals surface area contributed by atoms with Crippen LogP contribution < -0.4 is 5.84 Å². The quantitative estimate of drug-likeness (QED) is 0.0901. The molecule has 2 rings (SSSR count). The van der Waals surface area contributed by atoms with E-state index in [-0.39, 0.29) is 5.91 Å². The van der Waals surface area contributed by atoms with Gasteiger partial charge < -0.3 is 4.98 Å². The van der Waals surface area contributed by atoms with E-state index in [2.05, 4.69) is 48.3 Å². The van der Waals surface area contributed by atoms with Gasteiger partial charge in [0.1, 0.15) is 0 Å². The SMILES string of the molecule is CCCCCC=CCC=CCCCCCCCC(=O)N(N)CCc1c[nH]c2ccccc12. The third-order valence-corrected chi connectivity index (χ3v) is 5.96. The van der Waals surface area contributed by atoms with Crippen molar-refractivity contribution >= 4 is 16.8 Å². The molecule has 0 fully saturated rings. The van der Waals surface area contributed by atoms with Gasteiger partial charge in [-0.1, -0.05) is 81.5 Å². The van der Waals surface area contributed by atoms with Crippen LogP contribution in [0.25, 0.3) is 10.9 Å². The molecule has 32 heavy (non-hydrogen) atoms. The van der Waals surface area contributed by atoms with Crippen LogP contribution in [0, 0.1) is 0 Å². The molecule has 0 saturated carbocycles. The number of unbranched alkanes of at least 4 members (excludes halogenated alkanes) is 8. The Balaban J connectivity index is 1.45. The average Bonchev–Trinajstić information content (AvgIpc) is 3.23. The van der Waals surface area contributed by atoms with Gasteiger partial charge in [-0.2, -0.15) is 0 Å². The zero-order valence-electron chi connectivity index (χ0n) is 20.0. The summed E-state index contributed by atoms with van der Waals surface area (Å²) >= 11 is 0. The van der Waals surface area contributed by atoms with E-state index in [9.17, 15) is 4.79 Å². The smallest absolute Gasteiger partial charge is 0.236 e. The highest BCUT2D eigenvalue weighted by Gasteiger charge is 2.10. The van der Waals surface area contributed by atoms with Crippen molar-refractivity contribution in [3.8, 4) is 0 Å². The third kappa shape index (κ3) is 10.3. The number of aromatic nitrogens is 1. The second-order valence-electron chi connectivity index (χ2n) is 8.68. The summed E-state index contributed by atoms with van der Waals surface area (Å²) in [5.74, 6) is 6.05. The number of para-hydroxylation sites is 1. The number of amides is 1. The van der Waals surface area contributed by atoms with E-state index in [1.165, 1.54) is 60.9 Å². The van der Waals surface area contributed by atoms with Crippen LogP contribution in [0.5, 0.6) is 0 Å². The Morgan fingerprint density at radius 2 is 1.62 bits per heavy atom. The fourth-order valence-corrected chi connectivity index (χ4v) is 3.94. The van der Waals surface area contributed by atoms with Crippen LogP contribution in [0.2, 0.25) is 0 Å². The first-order chi connectivity index (χ1) is 15.7. The molecule has 0 saturated heterocycles. The minimum atomic E-state index is 0.0514. The zero-order chi connectivity index (χ0) is 22.9. The van der Waals surface area contributed by atoms with Crippen molar-refractivity contribution in [1.82, 2.24) is 9.99 Å². The lowest BCUT2D eigenvalue weighted by molar-refractivity contribution is -0.131. The molecule has 1 amide bonds. The Morgan fingerprint density at radius 1 is 0.938 bits per heavy atom. The summed E-state index contributed by atoms with van der Waals surface area (Å²) in [6, 6.07) is 8.22. The third-order valence-electron chi connectivity index (χ3n) is 5.96. The number of aromatic amines is 1. The Kier molecular flexibility index (Phi) is 13.2. The minimum Gasteiger partial charge on any atom is -0.361 e. The molecular weight excluding hydrogens is 394 g/mol. The largest absolute Gasteiger partial charge is 0.361 e. The number of nitrogens with zero attached hydrogens (tertiary/aromatic N) is 1. The van der Waals surface area contributed by atoms with Crippen molar-refractivity contribution in [1.29, 1.82) is 0 Å². The number of hydrogen-bond donors (Lipinski definition) is 2. The number of fused-ring (bicyclic) bond motifs is 1. The van der Waals surface area contributed by atoms with E-state index in [1.807, 2.05) is 18.3 Å². The Hall–Kier alpha value is -2.33. The minimum absolute atomic E-state index is 0.0514. The van der Waals surface area contributed by atoms with Crippen LogP contribution in [-0.2, 0) is 11.2 Å². The standard InChI is InChI=1S/C28H43N3O/c1-2-3-4-5-6-7-8-9-10-11-12-13-14-15-16-21-28(32)31(29)23-22-25-24-30-27-20-18-17-19-26(25)27/h6-7,9-10,17-20,24,30H,2-5,8,11-16,21-23,29H2,1H3. The normalized spacial score (nSPS) is 11.8. The molecular formula is C28H43N3O. The number of benzene rings is 1. The molecule has 0 aliphatic rings. The predicted octanol–water partition coefficient (Wildman–Crippen LogP) is 7.23. The monoisotopic (exact) mass is 437 g/mol. The van der Waals surface area contributed by atoms with E-state index in [0.717, 1.165) is 37.6 Å². The average molecular weight is 438 g/mol. The van der Waals surface area contributed by atoms with Crippen LogP contribution in [-0.4, -0.2) is 22.4 Å². The molecule has 1 aromatic carbocycles. The molecule has 2 aromatic rings. The van der Waals surface area contributed by atoms with Gasteiger partial charge in [-0.15, -0.1) is 0 Å². The molecule has 0 aliphatic heterocycles. The zero-order valence-corrected chi connectivity index (χ0v) is 20.0. The number of hydrazine groups is 1. The van der Waals surface area contributed by atoms with E-state index in [4.69, 9.17) is 5.84 Å². The van der Waals surface area contributed by atoms with Crippen LogP contribution in [0.1, 0.15) is 89.5 Å². The highest BCUT2D eigenvalue weighted by Crippen LogP contribution is 2.18. The first kappa shape index (κ1) is 25.9. The molecule has 0 aliphatic carbocycles. The van der Waals surface area contributed by atoms with Gasteiger partial charge in [-0.25, -0.2) is 5.84 Å². The highest BCUT2D eigenvalue weighted by atomic mass is 16.2.